The minimum atomic E-state index is -0.668. The van der Waals surface area contributed by atoms with Crippen LogP contribution in [0.5, 0.6) is 0 Å². The van der Waals surface area contributed by atoms with Crippen LogP contribution < -0.4 is 11.1 Å². The van der Waals surface area contributed by atoms with Crippen LogP contribution in [0.15, 0.2) is 18.2 Å². The molecule has 0 unspecified atom stereocenters. The van der Waals surface area contributed by atoms with Gasteiger partial charge in [0, 0.05) is 12.2 Å². The van der Waals surface area contributed by atoms with Crippen LogP contribution in [0.4, 0.5) is 10.1 Å². The summed E-state index contributed by atoms with van der Waals surface area (Å²) in [6, 6.07) is 3.83. The van der Waals surface area contributed by atoms with Gasteiger partial charge in [-0.25, -0.2) is 4.39 Å². The smallest absolute Gasteiger partial charge is 0.254 e. The molecule has 0 bridgehead atoms. The average molecular weight is 212 g/mol. The molecule has 0 aliphatic rings. The fourth-order valence-electron chi connectivity index (χ4n) is 1.05. The topological polar surface area (TPSA) is 75.3 Å². The molecule has 1 aromatic rings. The van der Waals surface area contributed by atoms with Gasteiger partial charge in [0.2, 0.25) is 0 Å². The Bertz CT molecular complexity index is 366. The number of benzene rings is 1. The fraction of sp³-hybridized carbons (Fsp3) is 0.300. The Morgan fingerprint density at radius 2 is 2.33 bits per heavy atom. The molecule has 0 fully saturated rings. The summed E-state index contributed by atoms with van der Waals surface area (Å²) in [6.45, 7) is 1.61. The van der Waals surface area contributed by atoms with Crippen LogP contribution in [0.25, 0.3) is 0 Å². The number of nitrogens with one attached hydrogen (secondary N) is 1. The van der Waals surface area contributed by atoms with Crippen molar-refractivity contribution in [1.29, 1.82) is 0 Å². The van der Waals surface area contributed by atoms with Gasteiger partial charge in [-0.15, -0.1) is 0 Å². The van der Waals surface area contributed by atoms with Crippen molar-refractivity contribution in [3.63, 3.8) is 0 Å². The number of rotatable bonds is 3. The molecule has 0 aromatic heterocycles. The third kappa shape index (κ3) is 3.21. The minimum Gasteiger partial charge on any atom is -0.399 e. The number of aliphatic hydroxyl groups excluding tert-OH is 1. The highest BCUT2D eigenvalue weighted by molar-refractivity contribution is 5.94. The largest absolute Gasteiger partial charge is 0.399 e. The van der Waals surface area contributed by atoms with Gasteiger partial charge in [0.1, 0.15) is 5.82 Å². The number of nitrogen functional groups attached to an aromatic ring is 1. The summed E-state index contributed by atoms with van der Waals surface area (Å²) in [5.74, 6) is -1.23. The van der Waals surface area contributed by atoms with E-state index in [9.17, 15) is 9.18 Å². The number of carbonyl (C=O) groups is 1. The summed E-state index contributed by atoms with van der Waals surface area (Å²) in [4.78, 5) is 11.4. The number of carbonyl (C=O) groups excluding carboxylic acids is 1. The number of amides is 1. The average Bonchev–Trinajstić information content (AvgIpc) is 2.14. The van der Waals surface area contributed by atoms with Crippen LogP contribution in [-0.2, 0) is 0 Å². The van der Waals surface area contributed by atoms with Gasteiger partial charge in [-0.1, -0.05) is 0 Å². The quantitative estimate of drug-likeness (QED) is 0.639. The summed E-state index contributed by atoms with van der Waals surface area (Å²) in [5, 5.41) is 11.3. The van der Waals surface area contributed by atoms with E-state index in [2.05, 4.69) is 5.32 Å². The minimum absolute atomic E-state index is 0.0788. The third-order valence-electron chi connectivity index (χ3n) is 1.80. The lowest BCUT2D eigenvalue weighted by Crippen LogP contribution is -2.31. The van der Waals surface area contributed by atoms with Crippen LogP contribution in [0, 0.1) is 5.82 Å². The number of halogens is 1. The highest BCUT2D eigenvalue weighted by Crippen LogP contribution is 2.11. The maximum Gasteiger partial charge on any atom is 0.254 e. The molecule has 0 saturated heterocycles. The van der Waals surface area contributed by atoms with Gasteiger partial charge in [-0.05, 0) is 25.1 Å². The van der Waals surface area contributed by atoms with Gasteiger partial charge < -0.3 is 16.2 Å². The fourth-order valence-corrected chi connectivity index (χ4v) is 1.05. The van der Waals surface area contributed by atoms with Crippen LogP contribution in [0.2, 0.25) is 0 Å². The molecule has 0 spiro atoms. The van der Waals surface area contributed by atoms with Crippen molar-refractivity contribution < 1.29 is 14.3 Å². The van der Waals surface area contributed by atoms with Crippen LogP contribution in [0.1, 0.15) is 17.3 Å². The lowest BCUT2D eigenvalue weighted by molar-refractivity contribution is 0.0920. The van der Waals surface area contributed by atoms with Crippen LogP contribution >= 0.6 is 0 Å². The number of aliphatic hydroxyl groups is 1. The molecule has 0 aliphatic carbocycles. The van der Waals surface area contributed by atoms with Crippen molar-refractivity contribution in [3.8, 4) is 0 Å². The van der Waals surface area contributed by atoms with Crippen LogP contribution in [0.3, 0.4) is 0 Å². The summed E-state index contributed by atoms with van der Waals surface area (Å²) in [7, 11) is 0. The molecule has 0 radical (unpaired) electrons. The van der Waals surface area contributed by atoms with E-state index in [0.717, 1.165) is 6.07 Å². The summed E-state index contributed by atoms with van der Waals surface area (Å²) in [5.41, 5.74) is 5.52. The van der Waals surface area contributed by atoms with Gasteiger partial charge in [-0.3, -0.25) is 4.79 Å². The molecule has 0 saturated carbocycles. The number of hydrogen-bond acceptors (Lipinski definition) is 3. The second kappa shape index (κ2) is 4.75. The Hall–Kier alpha value is -1.62. The molecule has 1 rings (SSSR count). The Labute approximate surface area is 86.9 Å². The van der Waals surface area contributed by atoms with E-state index in [-0.39, 0.29) is 17.8 Å². The Morgan fingerprint density at radius 3 is 2.87 bits per heavy atom. The lowest BCUT2D eigenvalue weighted by atomic mass is 10.2. The summed E-state index contributed by atoms with van der Waals surface area (Å²) >= 11 is 0. The van der Waals surface area contributed by atoms with Gasteiger partial charge in [0.05, 0.1) is 11.7 Å². The Balaban J connectivity index is 2.74. The first-order chi connectivity index (χ1) is 7.00. The zero-order valence-corrected chi connectivity index (χ0v) is 8.33. The van der Waals surface area contributed by atoms with Gasteiger partial charge in [-0.2, -0.15) is 0 Å². The van der Waals surface area contributed by atoms with Crippen molar-refractivity contribution in [2.24, 2.45) is 0 Å². The highest BCUT2D eigenvalue weighted by Gasteiger charge is 2.11. The standard InChI is InChI=1S/C10H13FN2O2/c1-6(14)5-13-10(15)8-3-2-7(12)4-9(8)11/h2-4,6,14H,5,12H2,1H3,(H,13,15)/t6-/m1/s1. The maximum absolute atomic E-state index is 13.2. The number of hydrogen-bond donors (Lipinski definition) is 3. The van der Waals surface area contributed by atoms with Crippen molar-refractivity contribution in [2.75, 3.05) is 12.3 Å². The number of anilines is 1. The molecule has 15 heavy (non-hydrogen) atoms. The van der Waals surface area contributed by atoms with Crippen molar-refractivity contribution >= 4 is 11.6 Å². The summed E-state index contributed by atoms with van der Waals surface area (Å²) in [6.07, 6.45) is -0.661. The first-order valence-electron chi connectivity index (χ1n) is 4.52. The SMILES string of the molecule is C[C@@H](O)CNC(=O)c1ccc(N)cc1F. The van der Waals surface area contributed by atoms with Gasteiger partial charge in [0.25, 0.3) is 5.91 Å². The molecule has 1 aromatic carbocycles. The first-order valence-corrected chi connectivity index (χ1v) is 4.52. The second-order valence-electron chi connectivity index (χ2n) is 3.30. The monoisotopic (exact) mass is 212 g/mol. The predicted octanol–water partition coefficient (Wildman–Crippen LogP) is 0.519. The first kappa shape index (κ1) is 11.5. The third-order valence-corrected chi connectivity index (χ3v) is 1.80. The van der Waals surface area contributed by atoms with E-state index in [1.54, 1.807) is 0 Å². The molecule has 0 aliphatic heterocycles. The molecule has 0 heterocycles. The van der Waals surface area contributed by atoms with Crippen LogP contribution in [-0.4, -0.2) is 23.7 Å². The van der Waals surface area contributed by atoms with E-state index in [0.29, 0.717) is 0 Å². The molecule has 4 N–H and O–H groups in total. The Kier molecular flexibility index (Phi) is 3.62. The zero-order valence-electron chi connectivity index (χ0n) is 8.33. The van der Waals surface area contributed by atoms with Gasteiger partial charge in [0.15, 0.2) is 0 Å². The Morgan fingerprint density at radius 1 is 1.67 bits per heavy atom. The highest BCUT2D eigenvalue weighted by atomic mass is 19.1. The lowest BCUT2D eigenvalue weighted by Gasteiger charge is -2.07. The predicted molar refractivity (Wildman–Crippen MR) is 54.8 cm³/mol. The second-order valence-corrected chi connectivity index (χ2v) is 3.30. The van der Waals surface area contributed by atoms with E-state index in [4.69, 9.17) is 10.8 Å². The van der Waals surface area contributed by atoms with Crippen molar-refractivity contribution in [2.45, 2.75) is 13.0 Å². The van der Waals surface area contributed by atoms with Crippen molar-refractivity contribution in [1.82, 2.24) is 5.32 Å². The van der Waals surface area contributed by atoms with Gasteiger partial charge >= 0.3 is 0 Å². The molecular formula is C10H13FN2O2. The zero-order chi connectivity index (χ0) is 11.4. The molecular weight excluding hydrogens is 199 g/mol. The molecule has 1 amide bonds. The van der Waals surface area contributed by atoms with E-state index >= 15 is 0 Å². The molecule has 82 valence electrons. The normalized spacial score (nSPS) is 12.2. The maximum atomic E-state index is 13.2. The van der Waals surface area contributed by atoms with E-state index in [1.807, 2.05) is 0 Å². The number of nitrogens with two attached hydrogens (primary N) is 1. The summed E-state index contributed by atoms with van der Waals surface area (Å²) < 4.78 is 13.2. The molecule has 1 atom stereocenters. The van der Waals surface area contributed by atoms with E-state index < -0.39 is 17.8 Å². The molecule has 5 heteroatoms. The van der Waals surface area contributed by atoms with E-state index in [1.165, 1.54) is 19.1 Å². The van der Waals surface area contributed by atoms with Crippen molar-refractivity contribution in [3.05, 3.63) is 29.6 Å². The molecule has 4 nitrogen and oxygen atoms in total.